The van der Waals surface area contributed by atoms with Crippen molar-refractivity contribution in [1.29, 1.82) is 0 Å². The summed E-state index contributed by atoms with van der Waals surface area (Å²) < 4.78 is 25.0. The van der Waals surface area contributed by atoms with Crippen LogP contribution in [0.3, 0.4) is 0 Å². The van der Waals surface area contributed by atoms with Crippen molar-refractivity contribution in [2.75, 3.05) is 31.2 Å². The maximum absolute atomic E-state index is 13.8. The highest BCUT2D eigenvalue weighted by molar-refractivity contribution is 9.10. The molecule has 126 valence electrons. The summed E-state index contributed by atoms with van der Waals surface area (Å²) in [6, 6.07) is 7.97. The van der Waals surface area contributed by atoms with Crippen LogP contribution in [0.4, 0.5) is 10.2 Å². The molecule has 0 spiro atoms. The number of halogens is 2. The number of hydrogen-bond acceptors (Lipinski definition) is 5. The van der Waals surface area contributed by atoms with Gasteiger partial charge in [0.05, 0.1) is 13.2 Å². The predicted octanol–water partition coefficient (Wildman–Crippen LogP) is 3.18. The first kappa shape index (κ1) is 16.9. The largest absolute Gasteiger partial charge is 0.457 e. The van der Waals surface area contributed by atoms with Crippen molar-refractivity contribution in [2.24, 2.45) is 0 Å². The van der Waals surface area contributed by atoms with E-state index in [-0.39, 0.29) is 6.61 Å². The van der Waals surface area contributed by atoms with Crippen LogP contribution < -0.4 is 4.90 Å². The fourth-order valence-corrected chi connectivity index (χ4v) is 2.78. The van der Waals surface area contributed by atoms with E-state index in [1.807, 2.05) is 4.90 Å². The molecule has 2 heterocycles. The summed E-state index contributed by atoms with van der Waals surface area (Å²) in [5.74, 6) is -0.370. The molecule has 1 fully saturated rings. The summed E-state index contributed by atoms with van der Waals surface area (Å²) in [6.45, 7) is 2.39. The Balaban J connectivity index is 1.73. The van der Waals surface area contributed by atoms with Crippen LogP contribution in [-0.4, -0.2) is 37.3 Å². The number of carbonyl (C=O) groups is 1. The van der Waals surface area contributed by atoms with Crippen LogP contribution in [0.2, 0.25) is 0 Å². The highest BCUT2D eigenvalue weighted by Crippen LogP contribution is 2.21. The maximum atomic E-state index is 13.8. The molecule has 0 amide bonds. The second-order valence-corrected chi connectivity index (χ2v) is 6.20. The third-order valence-electron chi connectivity index (χ3n) is 3.69. The molecule has 0 atom stereocenters. The lowest BCUT2D eigenvalue weighted by Crippen LogP contribution is -2.37. The number of esters is 1. The first-order chi connectivity index (χ1) is 11.6. The topological polar surface area (TPSA) is 51.7 Å². The third kappa shape index (κ3) is 3.91. The van der Waals surface area contributed by atoms with Crippen LogP contribution in [0.5, 0.6) is 0 Å². The van der Waals surface area contributed by atoms with Gasteiger partial charge in [0.25, 0.3) is 0 Å². The van der Waals surface area contributed by atoms with Gasteiger partial charge in [-0.05, 0) is 24.3 Å². The van der Waals surface area contributed by atoms with E-state index in [4.69, 9.17) is 9.47 Å². The van der Waals surface area contributed by atoms with E-state index in [1.54, 1.807) is 30.5 Å². The average Bonchev–Trinajstić information content (AvgIpc) is 2.61. The van der Waals surface area contributed by atoms with Gasteiger partial charge in [-0.3, -0.25) is 0 Å². The van der Waals surface area contributed by atoms with Gasteiger partial charge in [0.15, 0.2) is 0 Å². The zero-order valence-electron chi connectivity index (χ0n) is 12.9. The van der Waals surface area contributed by atoms with Crippen LogP contribution in [0, 0.1) is 5.82 Å². The van der Waals surface area contributed by atoms with E-state index in [0.717, 1.165) is 0 Å². The summed E-state index contributed by atoms with van der Waals surface area (Å²) in [6.07, 6.45) is 1.63. The molecule has 0 N–H and O–H groups in total. The number of anilines is 1. The molecule has 3 rings (SSSR count). The number of pyridine rings is 1. The Morgan fingerprint density at radius 1 is 1.33 bits per heavy atom. The molecule has 0 saturated carbocycles. The number of ether oxygens (including phenoxy) is 2. The van der Waals surface area contributed by atoms with E-state index in [0.29, 0.717) is 47.7 Å². The number of rotatable bonds is 4. The highest BCUT2D eigenvalue weighted by atomic mass is 79.9. The van der Waals surface area contributed by atoms with Gasteiger partial charge in [0.2, 0.25) is 0 Å². The van der Waals surface area contributed by atoms with E-state index in [9.17, 15) is 9.18 Å². The Kier molecular flexibility index (Phi) is 5.42. The normalized spacial score (nSPS) is 14.5. The number of benzene rings is 1. The molecule has 1 saturated heterocycles. The Hall–Kier alpha value is -1.99. The lowest BCUT2D eigenvalue weighted by molar-refractivity contribution is 0.0468. The molecular weight excluding hydrogens is 379 g/mol. The standard InChI is InChI=1S/C17H16BrFN2O3/c18-13-4-3-12(15(19)10-13)11-24-17(22)14-2-1-5-20-16(14)21-6-8-23-9-7-21/h1-5,10H,6-9,11H2. The monoisotopic (exact) mass is 394 g/mol. The van der Waals surface area contributed by atoms with Crippen molar-refractivity contribution in [3.63, 3.8) is 0 Å². The van der Waals surface area contributed by atoms with Gasteiger partial charge in [0.1, 0.15) is 23.8 Å². The molecule has 0 unspecified atom stereocenters. The zero-order chi connectivity index (χ0) is 16.9. The van der Waals surface area contributed by atoms with Gasteiger partial charge >= 0.3 is 5.97 Å². The molecule has 7 heteroatoms. The van der Waals surface area contributed by atoms with Crippen molar-refractivity contribution >= 4 is 27.7 Å². The van der Waals surface area contributed by atoms with Crippen molar-refractivity contribution in [3.8, 4) is 0 Å². The van der Waals surface area contributed by atoms with Crippen LogP contribution in [-0.2, 0) is 16.1 Å². The molecule has 5 nitrogen and oxygen atoms in total. The zero-order valence-corrected chi connectivity index (χ0v) is 14.5. The van der Waals surface area contributed by atoms with Gasteiger partial charge < -0.3 is 14.4 Å². The van der Waals surface area contributed by atoms with Gasteiger partial charge in [-0.1, -0.05) is 22.0 Å². The molecule has 1 aliphatic heterocycles. The van der Waals surface area contributed by atoms with E-state index >= 15 is 0 Å². The molecule has 0 radical (unpaired) electrons. The van der Waals surface area contributed by atoms with E-state index < -0.39 is 11.8 Å². The molecule has 2 aromatic rings. The van der Waals surface area contributed by atoms with Crippen molar-refractivity contribution in [2.45, 2.75) is 6.61 Å². The Bertz CT molecular complexity index is 736. The van der Waals surface area contributed by atoms with Gasteiger partial charge in [-0.15, -0.1) is 0 Å². The molecular formula is C17H16BrFN2O3. The second kappa shape index (κ2) is 7.72. The lowest BCUT2D eigenvalue weighted by atomic mass is 10.2. The molecule has 1 aliphatic rings. The minimum atomic E-state index is -0.521. The summed E-state index contributed by atoms with van der Waals surface area (Å²) in [7, 11) is 0. The first-order valence-corrected chi connectivity index (χ1v) is 8.33. The molecule has 0 aliphatic carbocycles. The molecule has 1 aromatic heterocycles. The predicted molar refractivity (Wildman–Crippen MR) is 90.5 cm³/mol. The Morgan fingerprint density at radius 3 is 2.88 bits per heavy atom. The summed E-state index contributed by atoms with van der Waals surface area (Å²) >= 11 is 3.19. The Labute approximate surface area is 147 Å². The van der Waals surface area contributed by atoms with Crippen molar-refractivity contribution in [3.05, 3.63) is 57.9 Å². The Morgan fingerprint density at radius 2 is 2.12 bits per heavy atom. The second-order valence-electron chi connectivity index (χ2n) is 5.29. The molecule has 0 bridgehead atoms. The van der Waals surface area contributed by atoms with Crippen LogP contribution >= 0.6 is 15.9 Å². The minimum Gasteiger partial charge on any atom is -0.457 e. The smallest absolute Gasteiger partial charge is 0.342 e. The van der Waals surface area contributed by atoms with Crippen molar-refractivity contribution < 1.29 is 18.7 Å². The quantitative estimate of drug-likeness (QED) is 0.745. The fraction of sp³-hybridized carbons (Fsp3) is 0.294. The minimum absolute atomic E-state index is 0.130. The lowest BCUT2D eigenvalue weighted by Gasteiger charge is -2.28. The SMILES string of the molecule is O=C(OCc1ccc(Br)cc1F)c1cccnc1N1CCOCC1. The summed E-state index contributed by atoms with van der Waals surface area (Å²) in [4.78, 5) is 18.7. The van der Waals surface area contributed by atoms with Crippen LogP contribution in [0.1, 0.15) is 15.9 Å². The third-order valence-corrected chi connectivity index (χ3v) is 4.18. The maximum Gasteiger partial charge on any atom is 0.342 e. The molecule has 1 aromatic carbocycles. The van der Waals surface area contributed by atoms with Crippen LogP contribution in [0.15, 0.2) is 41.0 Å². The van der Waals surface area contributed by atoms with Crippen molar-refractivity contribution in [1.82, 2.24) is 4.98 Å². The number of carbonyl (C=O) groups excluding carboxylic acids is 1. The van der Waals surface area contributed by atoms with Gasteiger partial charge in [0, 0.05) is 29.3 Å². The van der Waals surface area contributed by atoms with Crippen LogP contribution in [0.25, 0.3) is 0 Å². The number of morpholine rings is 1. The number of hydrogen-bond donors (Lipinski definition) is 0. The fourth-order valence-electron chi connectivity index (χ4n) is 2.44. The summed E-state index contributed by atoms with van der Waals surface area (Å²) in [5, 5.41) is 0. The van der Waals surface area contributed by atoms with E-state index in [2.05, 4.69) is 20.9 Å². The number of aromatic nitrogens is 1. The molecule has 24 heavy (non-hydrogen) atoms. The number of nitrogens with zero attached hydrogens (tertiary/aromatic N) is 2. The highest BCUT2D eigenvalue weighted by Gasteiger charge is 2.21. The average molecular weight is 395 g/mol. The first-order valence-electron chi connectivity index (χ1n) is 7.54. The van der Waals surface area contributed by atoms with E-state index in [1.165, 1.54) is 6.07 Å². The van der Waals surface area contributed by atoms with Gasteiger partial charge in [-0.2, -0.15) is 0 Å². The summed E-state index contributed by atoms with van der Waals surface area (Å²) in [5.41, 5.74) is 0.695. The van der Waals surface area contributed by atoms with Gasteiger partial charge in [-0.25, -0.2) is 14.2 Å².